The van der Waals surface area contributed by atoms with Crippen molar-refractivity contribution >= 4 is 23.2 Å². The first kappa shape index (κ1) is 18.8. The van der Waals surface area contributed by atoms with Gasteiger partial charge in [0.2, 0.25) is 0 Å². The van der Waals surface area contributed by atoms with Crippen molar-refractivity contribution in [1.29, 1.82) is 0 Å². The number of rotatable bonds is 10. The minimum absolute atomic E-state index is 0.0737. The van der Waals surface area contributed by atoms with Crippen molar-refractivity contribution in [2.75, 3.05) is 6.54 Å². The van der Waals surface area contributed by atoms with Crippen LogP contribution in [0.25, 0.3) is 0 Å². The third-order valence-corrected chi connectivity index (χ3v) is 4.68. The van der Waals surface area contributed by atoms with Gasteiger partial charge >= 0.3 is 0 Å². The number of benzene rings is 1. The Bertz CT molecular complexity index is 412. The molecule has 0 amide bonds. The van der Waals surface area contributed by atoms with Crippen molar-refractivity contribution in [3.63, 3.8) is 0 Å². The van der Waals surface area contributed by atoms with E-state index in [4.69, 9.17) is 28.9 Å². The van der Waals surface area contributed by atoms with E-state index in [0.717, 1.165) is 18.4 Å². The van der Waals surface area contributed by atoms with E-state index in [1.165, 1.54) is 32.1 Å². The Kier molecular flexibility index (Phi) is 9.34. The predicted octanol–water partition coefficient (Wildman–Crippen LogP) is 5.15. The lowest BCUT2D eigenvalue weighted by molar-refractivity contribution is 0.132. The Morgan fingerprint density at radius 3 is 2.33 bits per heavy atom. The number of aliphatic hydroxyl groups is 1. The molecule has 120 valence electrons. The van der Waals surface area contributed by atoms with Crippen LogP contribution in [0.1, 0.15) is 63.4 Å². The molecule has 0 heterocycles. The maximum Gasteiger partial charge on any atom is 0.0620 e. The molecule has 0 aromatic heterocycles. The molecular formula is C17H27Cl2NO. The smallest absolute Gasteiger partial charge is 0.0620 e. The van der Waals surface area contributed by atoms with Gasteiger partial charge in [-0.1, -0.05) is 74.7 Å². The van der Waals surface area contributed by atoms with E-state index in [0.29, 0.717) is 16.6 Å². The monoisotopic (exact) mass is 331 g/mol. The van der Waals surface area contributed by atoms with Crippen LogP contribution in [0.3, 0.4) is 0 Å². The Morgan fingerprint density at radius 1 is 1.05 bits per heavy atom. The van der Waals surface area contributed by atoms with Gasteiger partial charge in [0, 0.05) is 12.5 Å². The highest BCUT2D eigenvalue weighted by molar-refractivity contribution is 6.42. The summed E-state index contributed by atoms with van der Waals surface area (Å²) in [5, 5.41) is 11.4. The Hall–Kier alpha value is -0.280. The molecule has 21 heavy (non-hydrogen) atoms. The first-order valence-electron chi connectivity index (χ1n) is 7.93. The number of nitrogens with two attached hydrogens (primary N) is 1. The minimum atomic E-state index is -0.418. The minimum Gasteiger partial charge on any atom is -0.392 e. The average molecular weight is 332 g/mol. The lowest BCUT2D eigenvalue weighted by atomic mass is 9.90. The van der Waals surface area contributed by atoms with Crippen molar-refractivity contribution in [2.24, 2.45) is 5.73 Å². The van der Waals surface area contributed by atoms with E-state index in [9.17, 15) is 5.11 Å². The van der Waals surface area contributed by atoms with Gasteiger partial charge in [-0.15, -0.1) is 0 Å². The number of halogens is 2. The molecule has 1 aromatic carbocycles. The van der Waals surface area contributed by atoms with Crippen LogP contribution >= 0.6 is 23.2 Å². The largest absolute Gasteiger partial charge is 0.392 e. The lowest BCUT2D eigenvalue weighted by Crippen LogP contribution is -2.26. The van der Waals surface area contributed by atoms with Gasteiger partial charge in [-0.3, -0.25) is 0 Å². The molecule has 0 bridgehead atoms. The standard InChI is InChI=1S/C17H27Cl2NO/c1-2-3-4-5-6-7-8-17(21)14(12-20)13-9-10-15(18)16(19)11-13/h9-11,14,17,21H,2-8,12,20H2,1H3. The van der Waals surface area contributed by atoms with Crippen molar-refractivity contribution < 1.29 is 5.11 Å². The highest BCUT2D eigenvalue weighted by atomic mass is 35.5. The van der Waals surface area contributed by atoms with E-state index in [1.807, 2.05) is 12.1 Å². The number of hydrogen-bond donors (Lipinski definition) is 2. The summed E-state index contributed by atoms with van der Waals surface area (Å²) in [5.41, 5.74) is 6.79. The van der Waals surface area contributed by atoms with Crippen LogP contribution in [0.2, 0.25) is 10.0 Å². The van der Waals surface area contributed by atoms with Crippen molar-refractivity contribution in [2.45, 2.75) is 63.9 Å². The molecule has 0 saturated heterocycles. The van der Waals surface area contributed by atoms with E-state index >= 15 is 0 Å². The fraction of sp³-hybridized carbons (Fsp3) is 0.647. The molecule has 0 radical (unpaired) electrons. The second-order valence-corrected chi connectivity index (χ2v) is 6.45. The second-order valence-electron chi connectivity index (χ2n) is 5.64. The molecule has 0 aliphatic heterocycles. The molecule has 2 unspecified atom stereocenters. The highest BCUT2D eigenvalue weighted by Crippen LogP contribution is 2.29. The van der Waals surface area contributed by atoms with Crippen LogP contribution in [0.15, 0.2) is 18.2 Å². The maximum absolute atomic E-state index is 10.4. The van der Waals surface area contributed by atoms with Crippen LogP contribution in [-0.4, -0.2) is 17.8 Å². The van der Waals surface area contributed by atoms with Gasteiger partial charge in [0.1, 0.15) is 0 Å². The SMILES string of the molecule is CCCCCCCCC(O)C(CN)c1ccc(Cl)c(Cl)c1. The van der Waals surface area contributed by atoms with E-state index in [2.05, 4.69) is 6.92 Å². The quantitative estimate of drug-likeness (QED) is 0.582. The Labute approximate surface area is 138 Å². The van der Waals surface area contributed by atoms with E-state index in [1.54, 1.807) is 6.07 Å². The third-order valence-electron chi connectivity index (χ3n) is 3.94. The van der Waals surface area contributed by atoms with Crippen molar-refractivity contribution in [1.82, 2.24) is 0 Å². The summed E-state index contributed by atoms with van der Waals surface area (Å²) in [7, 11) is 0. The summed E-state index contributed by atoms with van der Waals surface area (Å²) in [5.74, 6) is -0.0737. The summed E-state index contributed by atoms with van der Waals surface area (Å²) in [6.45, 7) is 2.63. The zero-order valence-electron chi connectivity index (χ0n) is 12.8. The summed E-state index contributed by atoms with van der Waals surface area (Å²) >= 11 is 12.0. The molecule has 0 saturated carbocycles. The average Bonchev–Trinajstić information content (AvgIpc) is 2.47. The number of unbranched alkanes of at least 4 members (excludes halogenated alkanes) is 5. The first-order valence-corrected chi connectivity index (χ1v) is 8.68. The third kappa shape index (κ3) is 6.56. The van der Waals surface area contributed by atoms with Crippen LogP contribution in [-0.2, 0) is 0 Å². The van der Waals surface area contributed by atoms with Gasteiger partial charge in [-0.25, -0.2) is 0 Å². The summed E-state index contributed by atoms with van der Waals surface area (Å²) in [6.07, 6.45) is 7.69. The molecule has 3 N–H and O–H groups in total. The Morgan fingerprint density at radius 2 is 1.71 bits per heavy atom. The van der Waals surface area contributed by atoms with E-state index in [-0.39, 0.29) is 5.92 Å². The zero-order chi connectivity index (χ0) is 15.7. The molecule has 2 atom stereocenters. The van der Waals surface area contributed by atoms with Gasteiger partial charge in [-0.2, -0.15) is 0 Å². The molecule has 0 aliphatic rings. The molecule has 4 heteroatoms. The predicted molar refractivity (Wildman–Crippen MR) is 92.3 cm³/mol. The van der Waals surface area contributed by atoms with Crippen molar-refractivity contribution in [3.8, 4) is 0 Å². The lowest BCUT2D eigenvalue weighted by Gasteiger charge is -2.22. The molecule has 0 fully saturated rings. The highest BCUT2D eigenvalue weighted by Gasteiger charge is 2.20. The molecular weight excluding hydrogens is 305 g/mol. The molecule has 0 aliphatic carbocycles. The molecule has 1 aromatic rings. The first-order chi connectivity index (χ1) is 10.1. The summed E-state index contributed by atoms with van der Waals surface area (Å²) in [4.78, 5) is 0. The second kappa shape index (κ2) is 10.4. The van der Waals surface area contributed by atoms with Gasteiger partial charge < -0.3 is 10.8 Å². The molecule has 1 rings (SSSR count). The van der Waals surface area contributed by atoms with Crippen molar-refractivity contribution in [3.05, 3.63) is 33.8 Å². The van der Waals surface area contributed by atoms with Crippen LogP contribution in [0, 0.1) is 0 Å². The van der Waals surface area contributed by atoms with Gasteiger partial charge in [0.15, 0.2) is 0 Å². The molecule has 2 nitrogen and oxygen atoms in total. The fourth-order valence-corrected chi connectivity index (χ4v) is 2.90. The topological polar surface area (TPSA) is 46.2 Å². The number of aliphatic hydroxyl groups excluding tert-OH is 1. The van der Waals surface area contributed by atoms with Crippen LogP contribution in [0.4, 0.5) is 0 Å². The van der Waals surface area contributed by atoms with Crippen LogP contribution < -0.4 is 5.73 Å². The van der Waals surface area contributed by atoms with Gasteiger partial charge in [0.25, 0.3) is 0 Å². The number of hydrogen-bond acceptors (Lipinski definition) is 2. The summed E-state index contributed by atoms with van der Waals surface area (Å²) in [6, 6.07) is 5.47. The summed E-state index contributed by atoms with van der Waals surface area (Å²) < 4.78 is 0. The zero-order valence-corrected chi connectivity index (χ0v) is 14.3. The maximum atomic E-state index is 10.4. The normalized spacial score (nSPS) is 14.1. The Balaban J connectivity index is 2.45. The fourth-order valence-electron chi connectivity index (χ4n) is 2.59. The van der Waals surface area contributed by atoms with Crippen LogP contribution in [0.5, 0.6) is 0 Å². The van der Waals surface area contributed by atoms with E-state index < -0.39 is 6.10 Å². The van der Waals surface area contributed by atoms with Gasteiger partial charge in [-0.05, 0) is 24.1 Å². The van der Waals surface area contributed by atoms with Gasteiger partial charge in [0.05, 0.1) is 16.1 Å². The molecule has 0 spiro atoms.